The lowest BCUT2D eigenvalue weighted by molar-refractivity contribution is 0.114. The van der Waals surface area contributed by atoms with Crippen LogP contribution in [-0.4, -0.2) is 45.5 Å². The molecule has 2 aromatic heterocycles. The fourth-order valence-corrected chi connectivity index (χ4v) is 5.52. The minimum atomic E-state index is 0.242. The SMILES string of the molecule is O=c1c(CN2CCCC2)ccc2n1C[C@H]1C[C@@H]2CN(Cc2cncc(Cl)c2)C1. The second-order valence-corrected chi connectivity index (χ2v) is 9.12. The molecule has 28 heavy (non-hydrogen) atoms. The van der Waals surface area contributed by atoms with Crippen molar-refractivity contribution in [3.05, 3.63) is 62.8 Å². The summed E-state index contributed by atoms with van der Waals surface area (Å²) in [5, 5.41) is 0.692. The summed E-state index contributed by atoms with van der Waals surface area (Å²) >= 11 is 6.10. The number of rotatable bonds is 4. The molecule has 6 heteroatoms. The van der Waals surface area contributed by atoms with Crippen LogP contribution >= 0.6 is 11.6 Å². The molecule has 5 rings (SSSR count). The number of piperidine rings is 1. The van der Waals surface area contributed by atoms with Crippen molar-refractivity contribution < 1.29 is 0 Å². The Morgan fingerprint density at radius 1 is 1.04 bits per heavy atom. The van der Waals surface area contributed by atoms with Crippen molar-refractivity contribution in [2.24, 2.45) is 5.92 Å². The molecular weight excluding hydrogens is 372 g/mol. The number of halogens is 1. The Kier molecular flexibility index (Phi) is 4.99. The zero-order chi connectivity index (χ0) is 19.1. The summed E-state index contributed by atoms with van der Waals surface area (Å²) in [5.41, 5.74) is 3.59. The van der Waals surface area contributed by atoms with E-state index >= 15 is 0 Å². The van der Waals surface area contributed by atoms with Crippen molar-refractivity contribution in [1.29, 1.82) is 0 Å². The van der Waals surface area contributed by atoms with Gasteiger partial charge in [0.15, 0.2) is 0 Å². The molecule has 0 aromatic carbocycles. The van der Waals surface area contributed by atoms with Crippen LogP contribution in [0.5, 0.6) is 0 Å². The van der Waals surface area contributed by atoms with Gasteiger partial charge in [-0.15, -0.1) is 0 Å². The van der Waals surface area contributed by atoms with Crippen molar-refractivity contribution in [2.75, 3.05) is 26.2 Å². The van der Waals surface area contributed by atoms with E-state index in [1.165, 1.54) is 25.0 Å². The van der Waals surface area contributed by atoms with Gasteiger partial charge in [-0.3, -0.25) is 19.6 Å². The average molecular weight is 399 g/mol. The van der Waals surface area contributed by atoms with Gasteiger partial charge in [-0.25, -0.2) is 0 Å². The monoisotopic (exact) mass is 398 g/mol. The Labute approximate surface area is 170 Å². The van der Waals surface area contributed by atoms with Gasteiger partial charge < -0.3 is 4.57 Å². The minimum Gasteiger partial charge on any atom is -0.312 e. The van der Waals surface area contributed by atoms with Crippen molar-refractivity contribution in [3.8, 4) is 0 Å². The molecule has 2 atom stereocenters. The van der Waals surface area contributed by atoms with E-state index < -0.39 is 0 Å². The number of hydrogen-bond acceptors (Lipinski definition) is 4. The van der Waals surface area contributed by atoms with Crippen molar-refractivity contribution in [2.45, 2.75) is 44.8 Å². The van der Waals surface area contributed by atoms with E-state index in [4.69, 9.17) is 11.6 Å². The summed E-state index contributed by atoms with van der Waals surface area (Å²) in [4.78, 5) is 22.3. The zero-order valence-corrected chi connectivity index (χ0v) is 16.9. The molecule has 0 radical (unpaired) electrons. The molecule has 2 bridgehead atoms. The number of hydrogen-bond donors (Lipinski definition) is 0. The van der Waals surface area contributed by atoms with Crippen LogP contribution in [0.4, 0.5) is 0 Å². The van der Waals surface area contributed by atoms with Gasteiger partial charge in [0, 0.05) is 62.3 Å². The predicted molar refractivity (Wildman–Crippen MR) is 111 cm³/mol. The highest BCUT2D eigenvalue weighted by Gasteiger charge is 2.35. The van der Waals surface area contributed by atoms with E-state index in [0.29, 0.717) is 16.9 Å². The van der Waals surface area contributed by atoms with Crippen LogP contribution in [0.3, 0.4) is 0 Å². The highest BCUT2D eigenvalue weighted by molar-refractivity contribution is 6.30. The lowest BCUT2D eigenvalue weighted by Crippen LogP contribution is -2.47. The first kappa shape index (κ1) is 18.3. The molecule has 0 saturated carbocycles. The number of fused-ring (bicyclic) bond motifs is 4. The number of likely N-dealkylation sites (tertiary alicyclic amines) is 2. The summed E-state index contributed by atoms with van der Waals surface area (Å²) in [6.07, 6.45) is 7.29. The van der Waals surface area contributed by atoms with Gasteiger partial charge in [0.25, 0.3) is 5.56 Å². The summed E-state index contributed by atoms with van der Waals surface area (Å²) in [6.45, 7) is 6.81. The maximum Gasteiger partial charge on any atom is 0.255 e. The first-order valence-corrected chi connectivity index (χ1v) is 10.8. The number of nitrogens with zero attached hydrogens (tertiary/aromatic N) is 4. The van der Waals surface area contributed by atoms with Crippen LogP contribution in [0.15, 0.2) is 35.4 Å². The minimum absolute atomic E-state index is 0.242. The first-order valence-electron chi connectivity index (χ1n) is 10.4. The molecule has 0 amide bonds. The molecule has 2 fully saturated rings. The van der Waals surface area contributed by atoms with Gasteiger partial charge in [0.2, 0.25) is 0 Å². The predicted octanol–water partition coefficient (Wildman–Crippen LogP) is 3.11. The molecule has 5 heterocycles. The highest BCUT2D eigenvalue weighted by Crippen LogP contribution is 2.35. The largest absolute Gasteiger partial charge is 0.312 e. The van der Waals surface area contributed by atoms with E-state index in [1.807, 2.05) is 12.3 Å². The maximum absolute atomic E-state index is 13.1. The molecule has 2 aromatic rings. The molecule has 0 spiro atoms. The summed E-state index contributed by atoms with van der Waals surface area (Å²) in [7, 11) is 0. The lowest BCUT2D eigenvalue weighted by Gasteiger charge is -2.43. The van der Waals surface area contributed by atoms with Crippen LogP contribution < -0.4 is 5.56 Å². The topological polar surface area (TPSA) is 41.4 Å². The smallest absolute Gasteiger partial charge is 0.255 e. The second-order valence-electron chi connectivity index (χ2n) is 8.69. The highest BCUT2D eigenvalue weighted by atomic mass is 35.5. The van der Waals surface area contributed by atoms with Gasteiger partial charge in [-0.05, 0) is 56.0 Å². The molecule has 0 unspecified atom stereocenters. The van der Waals surface area contributed by atoms with E-state index in [-0.39, 0.29) is 5.56 Å². The van der Waals surface area contributed by atoms with E-state index in [2.05, 4.69) is 31.5 Å². The fourth-order valence-electron chi connectivity index (χ4n) is 5.32. The Morgan fingerprint density at radius 3 is 2.71 bits per heavy atom. The third kappa shape index (κ3) is 3.63. The Bertz CT molecular complexity index is 921. The normalized spacial score (nSPS) is 25.0. The quantitative estimate of drug-likeness (QED) is 0.793. The number of aromatic nitrogens is 2. The third-order valence-corrected chi connectivity index (χ3v) is 6.73. The molecule has 3 aliphatic heterocycles. The molecular formula is C22H27ClN4O. The second kappa shape index (κ2) is 7.62. The molecule has 2 saturated heterocycles. The van der Waals surface area contributed by atoms with E-state index in [1.54, 1.807) is 6.20 Å². The van der Waals surface area contributed by atoms with Crippen LogP contribution in [0, 0.1) is 5.92 Å². The molecule has 0 N–H and O–H groups in total. The third-order valence-electron chi connectivity index (χ3n) is 6.52. The van der Waals surface area contributed by atoms with Crippen molar-refractivity contribution in [3.63, 3.8) is 0 Å². The Balaban J connectivity index is 1.35. The standard InChI is InChI=1S/C22H27ClN4O/c23-20-8-16(9-24-10-20)11-26-12-17-7-19(15-26)21-4-3-18(22(28)27(21)13-17)14-25-5-1-2-6-25/h3-4,8-10,17,19H,1-2,5-7,11-15H2/t17-,19+/m0/s1. The Hall–Kier alpha value is -1.69. The number of pyridine rings is 2. The van der Waals surface area contributed by atoms with Gasteiger partial charge in [0.05, 0.1) is 5.02 Å². The first-order chi connectivity index (χ1) is 13.7. The van der Waals surface area contributed by atoms with Gasteiger partial charge >= 0.3 is 0 Å². The van der Waals surface area contributed by atoms with Crippen LogP contribution in [0.25, 0.3) is 0 Å². The van der Waals surface area contributed by atoms with Crippen molar-refractivity contribution >= 4 is 11.6 Å². The maximum atomic E-state index is 13.1. The van der Waals surface area contributed by atoms with Crippen LogP contribution in [0.2, 0.25) is 5.02 Å². The fraction of sp³-hybridized carbons (Fsp3) is 0.545. The van der Waals surface area contributed by atoms with Crippen LogP contribution in [-0.2, 0) is 19.6 Å². The summed E-state index contributed by atoms with van der Waals surface area (Å²) in [6, 6.07) is 6.31. The lowest BCUT2D eigenvalue weighted by atomic mass is 9.83. The van der Waals surface area contributed by atoms with Gasteiger partial charge in [-0.2, -0.15) is 0 Å². The Morgan fingerprint density at radius 2 is 1.89 bits per heavy atom. The summed E-state index contributed by atoms with van der Waals surface area (Å²) < 4.78 is 2.09. The van der Waals surface area contributed by atoms with E-state index in [9.17, 15) is 4.79 Å². The summed E-state index contributed by atoms with van der Waals surface area (Å²) in [5.74, 6) is 0.978. The molecule has 148 valence electrons. The van der Waals surface area contributed by atoms with Crippen LogP contribution in [0.1, 0.15) is 42.0 Å². The average Bonchev–Trinajstić information content (AvgIpc) is 3.18. The molecule has 5 nitrogen and oxygen atoms in total. The van der Waals surface area contributed by atoms with Gasteiger partial charge in [0.1, 0.15) is 0 Å². The van der Waals surface area contributed by atoms with Gasteiger partial charge in [-0.1, -0.05) is 17.7 Å². The van der Waals surface area contributed by atoms with Crippen molar-refractivity contribution in [1.82, 2.24) is 19.4 Å². The molecule has 0 aliphatic carbocycles. The molecule has 3 aliphatic rings. The van der Waals surface area contributed by atoms with E-state index in [0.717, 1.165) is 56.9 Å². The zero-order valence-electron chi connectivity index (χ0n) is 16.2.